The Hall–Kier alpha value is -6.84. The summed E-state index contributed by atoms with van der Waals surface area (Å²) in [5, 5.41) is 7.92. The molecule has 0 saturated carbocycles. The summed E-state index contributed by atoms with van der Waals surface area (Å²) in [5.41, 5.74) is 10.5. The van der Waals surface area contributed by atoms with E-state index in [1.807, 2.05) is 57.7 Å². The number of para-hydroxylation sites is 4. The molecule has 2 nitrogen and oxygen atoms in total. The van der Waals surface area contributed by atoms with Gasteiger partial charge in [0.1, 0.15) is 0 Å². The average Bonchev–Trinajstić information content (AvgIpc) is 3.81. The van der Waals surface area contributed by atoms with E-state index in [9.17, 15) is 0 Å². The molecule has 2 aromatic heterocycles. The van der Waals surface area contributed by atoms with Crippen molar-refractivity contribution in [3.05, 3.63) is 176 Å². The zero-order valence-electron chi connectivity index (χ0n) is 37.9. The molecule has 0 atom stereocenters. The maximum Gasteiger partial charge on any atom is 0.244 e. The molecule has 0 fully saturated rings. The Morgan fingerprint density at radius 3 is 1.30 bits per heavy atom. The molecule has 0 N–H and O–H groups in total. The minimum Gasteiger partial charge on any atom is -0.309 e. The molecule has 53 heavy (non-hydrogen) atoms. The number of hydrogen-bond donors (Lipinski definition) is 0. The van der Waals surface area contributed by atoms with Crippen LogP contribution in [0, 0.1) is 0 Å². The van der Waals surface area contributed by atoms with Crippen LogP contribution < -0.4 is 16.4 Å². The predicted molar refractivity (Wildman–Crippen MR) is 226 cm³/mol. The monoisotopic (exact) mass is 678 g/mol. The highest BCUT2D eigenvalue weighted by Gasteiger charge is 2.39. The lowest BCUT2D eigenvalue weighted by atomic mass is 9.31. The molecule has 11 aromatic rings. The number of aromatic nitrogens is 2. The van der Waals surface area contributed by atoms with Gasteiger partial charge in [0.2, 0.25) is 6.71 Å². The summed E-state index contributed by atoms with van der Waals surface area (Å²) < 4.78 is 91.1. The Bertz CT molecular complexity index is 3690. The van der Waals surface area contributed by atoms with Gasteiger partial charge < -0.3 is 9.13 Å². The van der Waals surface area contributed by atoms with E-state index < -0.39 is 36.3 Å². The van der Waals surface area contributed by atoms with Crippen LogP contribution in [0.15, 0.2) is 176 Å². The van der Waals surface area contributed by atoms with Crippen LogP contribution in [0.2, 0.25) is 0 Å². The Labute approximate surface area is 319 Å². The molecule has 13 rings (SSSR count). The molecule has 2 aliphatic heterocycles. The fraction of sp³-hybridized carbons (Fsp3) is 0. The van der Waals surface area contributed by atoms with E-state index in [4.69, 9.17) is 13.7 Å². The maximum absolute atomic E-state index is 9.07. The van der Waals surface area contributed by atoms with Crippen molar-refractivity contribution in [3.63, 3.8) is 0 Å². The Balaban J connectivity index is 1.18. The van der Waals surface area contributed by atoms with Crippen LogP contribution in [0.5, 0.6) is 0 Å². The van der Waals surface area contributed by atoms with Crippen molar-refractivity contribution in [1.82, 2.24) is 9.13 Å². The molecule has 3 heteroatoms. The van der Waals surface area contributed by atoms with Gasteiger partial charge >= 0.3 is 0 Å². The first-order chi connectivity index (χ1) is 30.5. The quantitative estimate of drug-likeness (QED) is 0.161. The van der Waals surface area contributed by atoms with Gasteiger partial charge in [0.15, 0.2) is 0 Å². The summed E-state index contributed by atoms with van der Waals surface area (Å²) in [4.78, 5) is 0. The Morgan fingerprint density at radius 1 is 0.377 bits per heavy atom. The molecule has 9 aromatic carbocycles. The summed E-state index contributed by atoms with van der Waals surface area (Å²) in [6, 6.07) is 35.6. The van der Waals surface area contributed by atoms with Gasteiger partial charge in [0.05, 0.1) is 35.8 Å². The first kappa shape index (κ1) is 20.3. The number of hydrogen-bond acceptors (Lipinski definition) is 0. The molecule has 242 valence electrons. The van der Waals surface area contributed by atoms with Crippen molar-refractivity contribution in [2.75, 3.05) is 0 Å². The van der Waals surface area contributed by atoms with E-state index in [1.54, 1.807) is 0 Å². The van der Waals surface area contributed by atoms with Gasteiger partial charge in [-0.05, 0) is 92.2 Å². The molecule has 0 aliphatic carbocycles. The SMILES string of the molecule is [2H]c1c([2H])c([2H])c(-n2c3ccccc3c3c4cccc5c4c(cc32)-c2cccc3c2B5c2cccc4c2c-3cc2c4c3ccccc3n2-c2c([2H])c([2H])c([2H])c([2H])c2[2H])c([2H])c1[2H]. The van der Waals surface area contributed by atoms with E-state index in [2.05, 4.69) is 66.7 Å². The molecule has 0 spiro atoms. The maximum atomic E-state index is 9.07. The lowest BCUT2D eigenvalue weighted by Gasteiger charge is -2.34. The number of nitrogens with zero attached hydrogens (tertiary/aromatic N) is 2. The van der Waals surface area contributed by atoms with Crippen molar-refractivity contribution >= 4 is 88.3 Å². The summed E-state index contributed by atoms with van der Waals surface area (Å²) in [5.74, 6) is 0. The largest absolute Gasteiger partial charge is 0.309 e. The number of benzene rings is 9. The van der Waals surface area contributed by atoms with Crippen LogP contribution in [-0.2, 0) is 0 Å². The van der Waals surface area contributed by atoms with Gasteiger partial charge in [-0.2, -0.15) is 0 Å². The van der Waals surface area contributed by atoms with Crippen molar-refractivity contribution in [1.29, 1.82) is 0 Å². The second-order valence-corrected chi connectivity index (χ2v) is 14.0. The highest BCUT2D eigenvalue weighted by molar-refractivity contribution is 7.01. The van der Waals surface area contributed by atoms with Crippen LogP contribution in [0.25, 0.3) is 98.8 Å². The van der Waals surface area contributed by atoms with E-state index >= 15 is 0 Å². The highest BCUT2D eigenvalue weighted by Crippen LogP contribution is 2.46. The lowest BCUT2D eigenvalue weighted by Crippen LogP contribution is -2.57. The van der Waals surface area contributed by atoms with Gasteiger partial charge in [-0.15, -0.1) is 0 Å². The number of fused-ring (bicyclic) bond motifs is 12. The Morgan fingerprint density at radius 2 is 0.811 bits per heavy atom. The fourth-order valence-corrected chi connectivity index (χ4v) is 9.86. The van der Waals surface area contributed by atoms with Gasteiger partial charge in [0, 0.05) is 32.9 Å². The van der Waals surface area contributed by atoms with E-state index in [0.717, 1.165) is 104 Å². The highest BCUT2D eigenvalue weighted by atomic mass is 15.0. The standard InChI is InChI=1S/C50H29BN2/c1-3-14-30(15-4-1)52-42-26-9-7-18-34(42)48-36-22-12-24-40-46(36)38(28-44(48)52)32-20-11-21-33-39-29-45-49(37-23-13-25-41(47(37)39)51(40)50(32)33)35-19-8-10-27-43(35)53(45)31-16-5-2-6-17-31/h1-29H/i1D,2D,3D,4D,5D,6D,14D,15D,16D,17D. The second kappa shape index (κ2) is 9.94. The van der Waals surface area contributed by atoms with Crippen LogP contribution in [0.3, 0.4) is 0 Å². The van der Waals surface area contributed by atoms with Crippen LogP contribution >= 0.6 is 0 Å². The van der Waals surface area contributed by atoms with Gasteiger partial charge in [0.25, 0.3) is 0 Å². The molecule has 0 bridgehead atoms. The molecule has 4 heterocycles. The third-order valence-corrected chi connectivity index (χ3v) is 11.7. The second-order valence-electron chi connectivity index (χ2n) is 14.0. The molecule has 0 radical (unpaired) electrons. The summed E-state index contributed by atoms with van der Waals surface area (Å²) >= 11 is 0. The lowest BCUT2D eigenvalue weighted by molar-refractivity contribution is 1.18. The van der Waals surface area contributed by atoms with Crippen LogP contribution in [0.1, 0.15) is 13.7 Å². The smallest absolute Gasteiger partial charge is 0.244 e. The van der Waals surface area contributed by atoms with Crippen molar-refractivity contribution < 1.29 is 13.7 Å². The topological polar surface area (TPSA) is 9.86 Å². The van der Waals surface area contributed by atoms with Gasteiger partial charge in [-0.3, -0.25) is 0 Å². The Kier molecular flexibility index (Phi) is 3.80. The minimum atomic E-state index is -0.442. The zero-order chi connectivity index (χ0) is 43.1. The van der Waals surface area contributed by atoms with E-state index in [-0.39, 0.29) is 42.3 Å². The first-order valence-corrected chi connectivity index (χ1v) is 17.7. The normalized spacial score (nSPS) is 15.5. The third-order valence-electron chi connectivity index (χ3n) is 11.7. The zero-order valence-corrected chi connectivity index (χ0v) is 27.9. The average molecular weight is 679 g/mol. The summed E-state index contributed by atoms with van der Waals surface area (Å²) in [7, 11) is 0. The van der Waals surface area contributed by atoms with Crippen LogP contribution in [0.4, 0.5) is 0 Å². The molecule has 0 saturated heterocycles. The van der Waals surface area contributed by atoms with Crippen molar-refractivity contribution in [2.45, 2.75) is 0 Å². The first-order valence-electron chi connectivity index (χ1n) is 22.7. The fourth-order valence-electron chi connectivity index (χ4n) is 9.86. The predicted octanol–water partition coefficient (Wildman–Crippen LogP) is 10.7. The molecular weight excluding hydrogens is 639 g/mol. The van der Waals surface area contributed by atoms with Gasteiger partial charge in [-0.25, -0.2) is 0 Å². The third kappa shape index (κ3) is 3.41. The molecule has 0 amide bonds. The summed E-state index contributed by atoms with van der Waals surface area (Å²) in [6.45, 7) is -0.151. The molecular formula is C50H29BN2. The van der Waals surface area contributed by atoms with Gasteiger partial charge in [-0.1, -0.05) is 144 Å². The van der Waals surface area contributed by atoms with E-state index in [1.165, 1.54) is 0 Å². The molecule has 0 unspecified atom stereocenters. The van der Waals surface area contributed by atoms with E-state index in [0.29, 0.717) is 0 Å². The van der Waals surface area contributed by atoms with Crippen LogP contribution in [-0.4, -0.2) is 15.8 Å². The number of rotatable bonds is 2. The van der Waals surface area contributed by atoms with Crippen molar-refractivity contribution in [3.8, 4) is 33.6 Å². The van der Waals surface area contributed by atoms with Crippen molar-refractivity contribution in [2.24, 2.45) is 0 Å². The molecule has 2 aliphatic rings. The summed E-state index contributed by atoms with van der Waals surface area (Å²) in [6.07, 6.45) is 0. The minimum absolute atomic E-state index is 0.0952.